The van der Waals surface area contributed by atoms with Crippen LogP contribution < -0.4 is 5.32 Å². The van der Waals surface area contributed by atoms with Gasteiger partial charge in [0.1, 0.15) is 0 Å². The molecule has 1 aliphatic rings. The molecule has 0 bridgehead atoms. The molecule has 92 valence electrons. The molecule has 2 rings (SSSR count). The summed E-state index contributed by atoms with van der Waals surface area (Å²) in [5.41, 5.74) is 1.09. The van der Waals surface area contributed by atoms with Crippen LogP contribution in [0.1, 0.15) is 18.4 Å². The Morgan fingerprint density at radius 1 is 1.47 bits per heavy atom. The number of hydrogen-bond donors (Lipinski definition) is 1. The average molecular weight is 298 g/mol. The van der Waals surface area contributed by atoms with Gasteiger partial charge >= 0.3 is 0 Å². The van der Waals surface area contributed by atoms with Crippen LogP contribution in [0.4, 0.5) is 0 Å². The second-order valence-corrected chi connectivity index (χ2v) is 5.08. The standard InChI is InChI=1S/C13H16BrNO2/c14-12-6-2-1-4-10(12)8-15-13(16)11-5-3-7-17-9-11/h1-2,4,6,11H,3,5,7-9H2,(H,15,16). The summed E-state index contributed by atoms with van der Waals surface area (Å²) >= 11 is 3.47. The van der Waals surface area contributed by atoms with E-state index in [0.29, 0.717) is 13.2 Å². The lowest BCUT2D eigenvalue weighted by atomic mass is 10.0. The van der Waals surface area contributed by atoms with Crippen molar-refractivity contribution in [2.45, 2.75) is 19.4 Å². The molecular formula is C13H16BrNO2. The predicted octanol–water partition coefficient (Wildman–Crippen LogP) is 2.49. The van der Waals surface area contributed by atoms with Gasteiger partial charge in [0.25, 0.3) is 0 Å². The van der Waals surface area contributed by atoms with Crippen molar-refractivity contribution in [1.82, 2.24) is 5.32 Å². The zero-order valence-corrected chi connectivity index (χ0v) is 11.2. The summed E-state index contributed by atoms with van der Waals surface area (Å²) in [6, 6.07) is 7.91. The summed E-state index contributed by atoms with van der Waals surface area (Å²) in [6.07, 6.45) is 1.91. The van der Waals surface area contributed by atoms with E-state index in [-0.39, 0.29) is 11.8 Å². The molecule has 1 aromatic rings. The number of benzene rings is 1. The Morgan fingerprint density at radius 3 is 3.00 bits per heavy atom. The lowest BCUT2D eigenvalue weighted by Gasteiger charge is -2.21. The second-order valence-electron chi connectivity index (χ2n) is 4.22. The Labute approximate surface area is 110 Å². The van der Waals surface area contributed by atoms with Crippen molar-refractivity contribution in [1.29, 1.82) is 0 Å². The molecule has 4 heteroatoms. The minimum absolute atomic E-state index is 0.0197. The fraction of sp³-hybridized carbons (Fsp3) is 0.462. The van der Waals surface area contributed by atoms with E-state index in [2.05, 4.69) is 21.2 Å². The largest absolute Gasteiger partial charge is 0.381 e. The van der Waals surface area contributed by atoms with Crippen molar-refractivity contribution in [3.05, 3.63) is 34.3 Å². The number of hydrogen-bond acceptors (Lipinski definition) is 2. The number of nitrogens with one attached hydrogen (secondary N) is 1. The van der Waals surface area contributed by atoms with E-state index in [9.17, 15) is 4.79 Å². The van der Waals surface area contributed by atoms with Gasteiger partial charge in [0, 0.05) is 17.6 Å². The van der Waals surface area contributed by atoms with E-state index in [1.807, 2.05) is 24.3 Å². The topological polar surface area (TPSA) is 38.3 Å². The predicted molar refractivity (Wildman–Crippen MR) is 69.5 cm³/mol. The van der Waals surface area contributed by atoms with Crippen LogP contribution in [0.5, 0.6) is 0 Å². The lowest BCUT2D eigenvalue weighted by Crippen LogP contribution is -2.35. The fourth-order valence-electron chi connectivity index (χ4n) is 1.92. The molecule has 0 saturated carbocycles. The average Bonchev–Trinajstić information content (AvgIpc) is 2.38. The van der Waals surface area contributed by atoms with Crippen LogP contribution >= 0.6 is 15.9 Å². The fourth-order valence-corrected chi connectivity index (χ4v) is 2.34. The van der Waals surface area contributed by atoms with Crippen LogP contribution in [-0.4, -0.2) is 19.1 Å². The summed E-state index contributed by atoms with van der Waals surface area (Å²) in [5, 5.41) is 2.96. The third-order valence-corrected chi connectivity index (χ3v) is 3.72. The highest BCUT2D eigenvalue weighted by molar-refractivity contribution is 9.10. The molecule has 17 heavy (non-hydrogen) atoms. The highest BCUT2D eigenvalue weighted by atomic mass is 79.9. The van der Waals surface area contributed by atoms with Gasteiger partial charge in [-0.2, -0.15) is 0 Å². The number of rotatable bonds is 3. The monoisotopic (exact) mass is 297 g/mol. The number of carbonyl (C=O) groups is 1. The summed E-state index contributed by atoms with van der Waals surface area (Å²) in [7, 11) is 0. The van der Waals surface area contributed by atoms with Crippen molar-refractivity contribution in [2.75, 3.05) is 13.2 Å². The summed E-state index contributed by atoms with van der Waals surface area (Å²) in [6.45, 7) is 1.91. The molecule has 1 atom stereocenters. The Balaban J connectivity index is 1.85. The molecule has 0 aromatic heterocycles. The van der Waals surface area contributed by atoms with Crippen LogP contribution in [0, 0.1) is 5.92 Å². The first kappa shape index (κ1) is 12.6. The first-order chi connectivity index (χ1) is 8.27. The second kappa shape index (κ2) is 6.17. The normalized spacial score (nSPS) is 19.9. The van der Waals surface area contributed by atoms with E-state index in [1.165, 1.54) is 0 Å². The molecule has 1 heterocycles. The maximum absolute atomic E-state index is 11.9. The molecule has 0 spiro atoms. The van der Waals surface area contributed by atoms with Crippen LogP contribution in [0.25, 0.3) is 0 Å². The Bertz CT molecular complexity index is 389. The van der Waals surface area contributed by atoms with E-state index in [4.69, 9.17) is 4.74 Å². The maximum Gasteiger partial charge on any atom is 0.225 e. The zero-order valence-electron chi connectivity index (χ0n) is 9.62. The van der Waals surface area contributed by atoms with Gasteiger partial charge in [-0.3, -0.25) is 4.79 Å². The molecule has 3 nitrogen and oxygen atoms in total. The van der Waals surface area contributed by atoms with Crippen molar-refractivity contribution < 1.29 is 9.53 Å². The smallest absolute Gasteiger partial charge is 0.225 e. The molecule has 1 saturated heterocycles. The van der Waals surface area contributed by atoms with Gasteiger partial charge in [0.15, 0.2) is 0 Å². The molecule has 1 N–H and O–H groups in total. The Kier molecular flexibility index (Phi) is 4.57. The van der Waals surface area contributed by atoms with E-state index < -0.39 is 0 Å². The van der Waals surface area contributed by atoms with Crippen LogP contribution in [0.2, 0.25) is 0 Å². The minimum Gasteiger partial charge on any atom is -0.381 e. The highest BCUT2D eigenvalue weighted by Crippen LogP contribution is 2.17. The van der Waals surface area contributed by atoms with E-state index in [0.717, 1.165) is 29.5 Å². The Morgan fingerprint density at radius 2 is 2.29 bits per heavy atom. The van der Waals surface area contributed by atoms with Crippen molar-refractivity contribution in [3.63, 3.8) is 0 Å². The number of carbonyl (C=O) groups excluding carboxylic acids is 1. The van der Waals surface area contributed by atoms with Crippen LogP contribution in [0.3, 0.4) is 0 Å². The lowest BCUT2D eigenvalue weighted by molar-refractivity contribution is -0.129. The third kappa shape index (κ3) is 3.54. The molecule has 1 unspecified atom stereocenters. The summed E-state index contributed by atoms with van der Waals surface area (Å²) in [5.74, 6) is 0.117. The first-order valence-electron chi connectivity index (χ1n) is 5.86. The zero-order chi connectivity index (χ0) is 12.1. The van der Waals surface area contributed by atoms with Gasteiger partial charge in [0.2, 0.25) is 5.91 Å². The molecule has 1 fully saturated rings. The number of amides is 1. The minimum atomic E-state index is 0.0197. The Hall–Kier alpha value is -0.870. The van der Waals surface area contributed by atoms with Gasteiger partial charge in [-0.05, 0) is 24.5 Å². The van der Waals surface area contributed by atoms with Gasteiger partial charge in [-0.1, -0.05) is 34.1 Å². The molecule has 1 aromatic carbocycles. The maximum atomic E-state index is 11.9. The molecule has 1 amide bonds. The van der Waals surface area contributed by atoms with Crippen LogP contribution in [-0.2, 0) is 16.1 Å². The van der Waals surface area contributed by atoms with Gasteiger partial charge in [0.05, 0.1) is 12.5 Å². The molecule has 0 aliphatic carbocycles. The molecular weight excluding hydrogens is 282 g/mol. The summed E-state index contributed by atoms with van der Waals surface area (Å²) < 4.78 is 6.34. The quantitative estimate of drug-likeness (QED) is 0.931. The molecule has 1 aliphatic heterocycles. The SMILES string of the molecule is O=C(NCc1ccccc1Br)C1CCCOC1. The van der Waals surface area contributed by atoms with Gasteiger partial charge in [-0.25, -0.2) is 0 Å². The third-order valence-electron chi connectivity index (χ3n) is 2.94. The number of halogens is 1. The van der Waals surface area contributed by atoms with E-state index in [1.54, 1.807) is 0 Å². The van der Waals surface area contributed by atoms with E-state index >= 15 is 0 Å². The summed E-state index contributed by atoms with van der Waals surface area (Å²) in [4.78, 5) is 11.9. The van der Waals surface area contributed by atoms with Crippen molar-refractivity contribution in [3.8, 4) is 0 Å². The first-order valence-corrected chi connectivity index (χ1v) is 6.65. The number of ether oxygens (including phenoxy) is 1. The van der Waals surface area contributed by atoms with Crippen molar-refractivity contribution in [2.24, 2.45) is 5.92 Å². The van der Waals surface area contributed by atoms with Gasteiger partial charge < -0.3 is 10.1 Å². The van der Waals surface area contributed by atoms with Crippen molar-refractivity contribution >= 4 is 21.8 Å². The highest BCUT2D eigenvalue weighted by Gasteiger charge is 2.21. The molecule has 0 radical (unpaired) electrons. The van der Waals surface area contributed by atoms with Crippen LogP contribution in [0.15, 0.2) is 28.7 Å². The van der Waals surface area contributed by atoms with Gasteiger partial charge in [-0.15, -0.1) is 0 Å².